The Morgan fingerprint density at radius 2 is 2.00 bits per heavy atom. The highest BCUT2D eigenvalue weighted by Crippen LogP contribution is 2.25. The molecule has 152 valence electrons. The standard InChI is InChI=1S/C24H28N2O3/c1-4-6-14-26-22-9-7-8-20(24(22)17(3)25)16-29-21-12-10-19(11-13-21)18(5-2)15-23(27)28/h2,7-13,18,25-26H,4,6,14-16H2,1,3H3,(H,27,28)/t18-/m0/s1. The molecule has 0 bridgehead atoms. The van der Waals surface area contributed by atoms with Gasteiger partial charge in [0.25, 0.3) is 0 Å². The summed E-state index contributed by atoms with van der Waals surface area (Å²) < 4.78 is 5.92. The summed E-state index contributed by atoms with van der Waals surface area (Å²) in [5, 5.41) is 20.5. The summed E-state index contributed by atoms with van der Waals surface area (Å²) in [6, 6.07) is 13.1. The second-order valence-electron chi connectivity index (χ2n) is 6.92. The lowest BCUT2D eigenvalue weighted by atomic mass is 9.97. The Morgan fingerprint density at radius 3 is 2.59 bits per heavy atom. The Kier molecular flexibility index (Phi) is 8.29. The number of terminal acetylenes is 1. The zero-order valence-corrected chi connectivity index (χ0v) is 17.0. The fraction of sp³-hybridized carbons (Fsp3) is 0.333. The minimum absolute atomic E-state index is 0.101. The van der Waals surface area contributed by atoms with Crippen LogP contribution < -0.4 is 10.1 Å². The average molecular weight is 392 g/mol. The van der Waals surface area contributed by atoms with E-state index in [2.05, 4.69) is 18.2 Å². The molecule has 29 heavy (non-hydrogen) atoms. The van der Waals surface area contributed by atoms with Crippen LogP contribution in [0.1, 0.15) is 55.7 Å². The van der Waals surface area contributed by atoms with E-state index >= 15 is 0 Å². The summed E-state index contributed by atoms with van der Waals surface area (Å²) in [7, 11) is 0. The molecule has 0 saturated heterocycles. The van der Waals surface area contributed by atoms with Gasteiger partial charge in [0.1, 0.15) is 12.4 Å². The van der Waals surface area contributed by atoms with Gasteiger partial charge in [0.05, 0.1) is 12.3 Å². The summed E-state index contributed by atoms with van der Waals surface area (Å²) in [6.45, 7) is 5.13. The van der Waals surface area contributed by atoms with Crippen LogP contribution in [0, 0.1) is 17.8 Å². The molecule has 2 aromatic rings. The van der Waals surface area contributed by atoms with Crippen molar-refractivity contribution in [3.8, 4) is 18.1 Å². The van der Waals surface area contributed by atoms with Gasteiger partial charge in [-0.25, -0.2) is 0 Å². The minimum Gasteiger partial charge on any atom is -0.489 e. The third-order valence-electron chi connectivity index (χ3n) is 4.63. The molecule has 0 amide bonds. The van der Waals surface area contributed by atoms with Gasteiger partial charge in [-0.2, -0.15) is 0 Å². The van der Waals surface area contributed by atoms with Gasteiger partial charge in [0.15, 0.2) is 0 Å². The molecule has 0 heterocycles. The first-order valence-electron chi connectivity index (χ1n) is 9.78. The molecule has 1 atom stereocenters. The first-order valence-corrected chi connectivity index (χ1v) is 9.78. The highest BCUT2D eigenvalue weighted by atomic mass is 16.5. The number of anilines is 1. The molecule has 0 saturated carbocycles. The van der Waals surface area contributed by atoms with E-state index in [0.29, 0.717) is 18.1 Å². The number of rotatable bonds is 11. The fourth-order valence-electron chi connectivity index (χ4n) is 3.12. The Labute approximate surface area is 172 Å². The molecule has 0 aromatic heterocycles. The normalized spacial score (nSPS) is 11.3. The summed E-state index contributed by atoms with van der Waals surface area (Å²) in [5.41, 5.74) is 4.03. The van der Waals surface area contributed by atoms with E-state index in [1.165, 1.54) is 0 Å². The zero-order valence-electron chi connectivity index (χ0n) is 17.0. The van der Waals surface area contributed by atoms with Crippen molar-refractivity contribution in [2.24, 2.45) is 0 Å². The van der Waals surface area contributed by atoms with Gasteiger partial charge in [0.2, 0.25) is 0 Å². The highest BCUT2D eigenvalue weighted by molar-refractivity contribution is 6.02. The van der Waals surface area contributed by atoms with Gasteiger partial charge in [-0.3, -0.25) is 4.79 Å². The third kappa shape index (κ3) is 6.39. The smallest absolute Gasteiger partial charge is 0.304 e. The lowest BCUT2D eigenvalue weighted by Gasteiger charge is -2.16. The van der Waals surface area contributed by atoms with E-state index in [1.807, 2.05) is 18.2 Å². The molecule has 0 aliphatic rings. The first-order chi connectivity index (χ1) is 14.0. The van der Waals surface area contributed by atoms with Crippen LogP contribution in [-0.4, -0.2) is 23.3 Å². The predicted molar refractivity (Wildman–Crippen MR) is 117 cm³/mol. The maximum atomic E-state index is 10.9. The highest BCUT2D eigenvalue weighted by Gasteiger charge is 2.14. The van der Waals surface area contributed by atoms with Crippen molar-refractivity contribution in [1.82, 2.24) is 0 Å². The van der Waals surface area contributed by atoms with Crippen molar-refractivity contribution < 1.29 is 14.6 Å². The molecule has 0 spiro atoms. The van der Waals surface area contributed by atoms with Crippen molar-refractivity contribution in [3.05, 3.63) is 59.2 Å². The zero-order chi connectivity index (χ0) is 21.2. The van der Waals surface area contributed by atoms with Crippen LogP contribution in [0.15, 0.2) is 42.5 Å². The molecule has 2 aromatic carbocycles. The summed E-state index contributed by atoms with van der Waals surface area (Å²) in [4.78, 5) is 10.9. The first kappa shape index (κ1) is 22.0. The molecule has 5 nitrogen and oxygen atoms in total. The van der Waals surface area contributed by atoms with Gasteiger partial charge in [-0.1, -0.05) is 43.5 Å². The number of aliphatic carboxylic acids is 1. The molecule has 0 unspecified atom stereocenters. The SMILES string of the molecule is C#C[C@@H](CC(=O)O)c1ccc(OCc2cccc(NCCCC)c2C(C)=N)cc1. The second-order valence-corrected chi connectivity index (χ2v) is 6.92. The number of nitrogens with one attached hydrogen (secondary N) is 2. The number of benzene rings is 2. The number of carbonyl (C=O) groups is 1. The van der Waals surface area contributed by atoms with Crippen LogP contribution in [0.5, 0.6) is 5.75 Å². The minimum atomic E-state index is -0.921. The Balaban J connectivity index is 2.11. The third-order valence-corrected chi connectivity index (χ3v) is 4.63. The number of hydrogen-bond donors (Lipinski definition) is 3. The number of carboxylic acids is 1. The summed E-state index contributed by atoms with van der Waals surface area (Å²) in [5.74, 6) is 1.81. The van der Waals surface area contributed by atoms with Crippen molar-refractivity contribution in [2.45, 2.75) is 45.6 Å². The van der Waals surface area contributed by atoms with Crippen molar-refractivity contribution in [2.75, 3.05) is 11.9 Å². The Bertz CT molecular complexity index is 882. The van der Waals surface area contributed by atoms with E-state index in [4.69, 9.17) is 21.7 Å². The summed E-state index contributed by atoms with van der Waals surface area (Å²) in [6.07, 6.45) is 7.54. The maximum absolute atomic E-state index is 10.9. The van der Waals surface area contributed by atoms with E-state index in [0.717, 1.165) is 41.8 Å². The van der Waals surface area contributed by atoms with E-state index in [-0.39, 0.29) is 6.42 Å². The van der Waals surface area contributed by atoms with E-state index in [9.17, 15) is 4.79 Å². The quantitative estimate of drug-likeness (QED) is 0.284. The molecule has 0 aliphatic carbocycles. The van der Waals surface area contributed by atoms with Crippen LogP contribution in [0.3, 0.4) is 0 Å². The van der Waals surface area contributed by atoms with Gasteiger partial charge >= 0.3 is 5.97 Å². The largest absolute Gasteiger partial charge is 0.489 e. The van der Waals surface area contributed by atoms with Crippen molar-refractivity contribution in [3.63, 3.8) is 0 Å². The molecule has 5 heteroatoms. The van der Waals surface area contributed by atoms with Crippen LogP contribution in [0.4, 0.5) is 5.69 Å². The molecule has 0 aliphatic heterocycles. The number of unbranched alkanes of at least 4 members (excludes halogenated alkanes) is 1. The lowest BCUT2D eigenvalue weighted by molar-refractivity contribution is -0.137. The number of carboxylic acid groups (broad SMARTS) is 1. The second kappa shape index (κ2) is 10.9. The summed E-state index contributed by atoms with van der Waals surface area (Å²) >= 11 is 0. The van der Waals surface area contributed by atoms with Crippen LogP contribution in [0.2, 0.25) is 0 Å². The maximum Gasteiger partial charge on any atom is 0.304 e. The molecular weight excluding hydrogens is 364 g/mol. The molecule has 0 radical (unpaired) electrons. The molecular formula is C24H28N2O3. The van der Waals surface area contributed by atoms with Crippen molar-refractivity contribution in [1.29, 1.82) is 5.41 Å². The topological polar surface area (TPSA) is 82.4 Å². The Hall–Kier alpha value is -3.26. The lowest BCUT2D eigenvalue weighted by Crippen LogP contribution is -2.10. The monoisotopic (exact) mass is 392 g/mol. The van der Waals surface area contributed by atoms with Gasteiger partial charge in [0, 0.05) is 29.1 Å². The van der Waals surface area contributed by atoms with Crippen LogP contribution in [0.25, 0.3) is 0 Å². The number of ether oxygens (including phenoxy) is 1. The average Bonchev–Trinajstić information content (AvgIpc) is 2.70. The van der Waals surface area contributed by atoms with E-state index < -0.39 is 11.9 Å². The van der Waals surface area contributed by atoms with Crippen LogP contribution in [-0.2, 0) is 11.4 Å². The Morgan fingerprint density at radius 1 is 1.28 bits per heavy atom. The molecule has 3 N–H and O–H groups in total. The van der Waals surface area contributed by atoms with E-state index in [1.54, 1.807) is 31.2 Å². The van der Waals surface area contributed by atoms with Crippen molar-refractivity contribution >= 4 is 17.4 Å². The van der Waals surface area contributed by atoms with Crippen LogP contribution >= 0.6 is 0 Å². The predicted octanol–water partition coefficient (Wildman–Crippen LogP) is 5.06. The fourth-order valence-corrected chi connectivity index (χ4v) is 3.12. The number of hydrogen-bond acceptors (Lipinski definition) is 4. The van der Waals surface area contributed by atoms with Gasteiger partial charge in [-0.05, 0) is 37.1 Å². The molecule has 2 rings (SSSR count). The van der Waals surface area contributed by atoms with Gasteiger partial charge in [-0.15, -0.1) is 6.42 Å². The van der Waals surface area contributed by atoms with Gasteiger partial charge < -0.3 is 20.6 Å². The molecule has 0 fully saturated rings.